The third-order valence-electron chi connectivity index (χ3n) is 2.65. The number of hydrogen-bond acceptors (Lipinski definition) is 1. The van der Waals surface area contributed by atoms with Crippen LogP contribution in [0.1, 0.15) is 12.6 Å². The molecule has 1 atom stereocenters. The maximum atomic E-state index is 9.45. The number of benzene rings is 1. The molecule has 0 amide bonds. The second-order valence-corrected chi connectivity index (χ2v) is 4.68. The van der Waals surface area contributed by atoms with Gasteiger partial charge in [0.25, 0.3) is 0 Å². The number of rotatable bonds is 2. The molecule has 0 fully saturated rings. The van der Waals surface area contributed by atoms with Gasteiger partial charge in [-0.2, -0.15) is 0 Å². The average molecular weight is 268 g/mol. The predicted molar refractivity (Wildman–Crippen MR) is 66.0 cm³/mol. The molecule has 0 spiro atoms. The Labute approximate surface area is 97.7 Å². The summed E-state index contributed by atoms with van der Waals surface area (Å²) in [5.74, 6) is 0. The zero-order chi connectivity index (χ0) is 11.0. The molecule has 0 aliphatic carbocycles. The number of aromatic nitrogens is 1. The third kappa shape index (κ3) is 1.82. The lowest BCUT2D eigenvalue weighted by molar-refractivity contribution is 0.193. The summed E-state index contributed by atoms with van der Waals surface area (Å²) in [5, 5.41) is 10.6. The van der Waals surface area contributed by atoms with E-state index in [2.05, 4.69) is 32.6 Å². The normalized spacial score (nSPS) is 13.3. The van der Waals surface area contributed by atoms with Gasteiger partial charge in [0.1, 0.15) is 0 Å². The fraction of sp³-hybridized carbons (Fsp3) is 0.333. The minimum atomic E-state index is -0.315. The summed E-state index contributed by atoms with van der Waals surface area (Å²) in [5.41, 5.74) is 2.34. The first-order valence-electron chi connectivity index (χ1n) is 5.01. The number of aryl methyl sites for hydroxylation is 1. The molecule has 80 valence electrons. The largest absolute Gasteiger partial charge is 0.393 e. The second-order valence-electron chi connectivity index (χ2n) is 3.89. The minimum Gasteiger partial charge on any atom is -0.393 e. The van der Waals surface area contributed by atoms with E-state index in [1.165, 1.54) is 10.9 Å². The van der Waals surface area contributed by atoms with Crippen molar-refractivity contribution < 1.29 is 5.11 Å². The zero-order valence-corrected chi connectivity index (χ0v) is 10.5. The van der Waals surface area contributed by atoms with Crippen LogP contribution in [0.2, 0.25) is 0 Å². The van der Waals surface area contributed by atoms with Crippen LogP contribution in [-0.2, 0) is 13.5 Å². The lowest BCUT2D eigenvalue weighted by Gasteiger charge is -2.06. The van der Waals surface area contributed by atoms with Gasteiger partial charge < -0.3 is 9.67 Å². The fourth-order valence-corrected chi connectivity index (χ4v) is 2.67. The molecule has 0 saturated carbocycles. The van der Waals surface area contributed by atoms with Gasteiger partial charge >= 0.3 is 0 Å². The van der Waals surface area contributed by atoms with Crippen molar-refractivity contribution in [1.82, 2.24) is 4.57 Å². The second kappa shape index (κ2) is 3.99. The van der Waals surface area contributed by atoms with Crippen molar-refractivity contribution in [3.8, 4) is 0 Å². The van der Waals surface area contributed by atoms with Crippen LogP contribution in [0.5, 0.6) is 0 Å². The molecule has 1 aromatic carbocycles. The van der Waals surface area contributed by atoms with Crippen LogP contribution < -0.4 is 0 Å². The Kier molecular flexibility index (Phi) is 2.85. The highest BCUT2D eigenvalue weighted by atomic mass is 79.9. The van der Waals surface area contributed by atoms with Crippen LogP contribution in [0.15, 0.2) is 28.7 Å². The minimum absolute atomic E-state index is 0.315. The summed E-state index contributed by atoms with van der Waals surface area (Å²) in [7, 11) is 2.03. The highest BCUT2D eigenvalue weighted by Gasteiger charge is 2.13. The lowest BCUT2D eigenvalue weighted by atomic mass is 10.2. The first kappa shape index (κ1) is 10.7. The molecule has 0 radical (unpaired) electrons. The maximum Gasteiger partial charge on any atom is 0.0567 e. The van der Waals surface area contributed by atoms with Crippen LogP contribution in [0, 0.1) is 0 Å². The van der Waals surface area contributed by atoms with Crippen molar-refractivity contribution >= 4 is 26.8 Å². The molecule has 0 aliphatic heterocycles. The van der Waals surface area contributed by atoms with E-state index < -0.39 is 0 Å². The van der Waals surface area contributed by atoms with Crippen LogP contribution in [0.25, 0.3) is 10.9 Å². The van der Waals surface area contributed by atoms with Crippen LogP contribution in [0.4, 0.5) is 0 Å². The molecule has 0 aliphatic rings. The van der Waals surface area contributed by atoms with Crippen molar-refractivity contribution in [1.29, 1.82) is 0 Å². The third-order valence-corrected chi connectivity index (χ3v) is 3.53. The SMILES string of the molecule is C[C@@H](O)Cc1c(Br)c2ccccc2n1C. The highest BCUT2D eigenvalue weighted by Crippen LogP contribution is 2.30. The summed E-state index contributed by atoms with van der Waals surface area (Å²) in [6.07, 6.45) is 0.357. The van der Waals surface area contributed by atoms with Gasteiger partial charge in [-0.15, -0.1) is 0 Å². The van der Waals surface area contributed by atoms with Gasteiger partial charge in [-0.1, -0.05) is 18.2 Å². The molecule has 2 rings (SSSR count). The standard InChI is InChI=1S/C12H14BrNO/c1-8(15)7-11-12(13)9-5-3-4-6-10(9)14(11)2/h3-6,8,15H,7H2,1-2H3/t8-/m1/s1. The van der Waals surface area contributed by atoms with E-state index in [4.69, 9.17) is 0 Å². The molecule has 1 N–H and O–H groups in total. The fourth-order valence-electron chi connectivity index (χ4n) is 1.91. The molecule has 2 nitrogen and oxygen atoms in total. The first-order chi connectivity index (χ1) is 7.11. The van der Waals surface area contributed by atoms with Crippen LogP contribution in [0.3, 0.4) is 0 Å². The van der Waals surface area contributed by atoms with Crippen molar-refractivity contribution in [2.24, 2.45) is 7.05 Å². The van der Waals surface area contributed by atoms with E-state index in [0.717, 1.165) is 10.2 Å². The van der Waals surface area contributed by atoms with E-state index in [0.29, 0.717) is 6.42 Å². The number of halogens is 1. The summed E-state index contributed by atoms with van der Waals surface area (Å²) >= 11 is 3.60. The molecule has 2 aromatic rings. The average Bonchev–Trinajstić information content (AvgIpc) is 2.44. The Morgan fingerprint density at radius 1 is 1.40 bits per heavy atom. The van der Waals surface area contributed by atoms with Gasteiger partial charge in [0.15, 0.2) is 0 Å². The number of hydrogen-bond donors (Lipinski definition) is 1. The van der Waals surface area contributed by atoms with Crippen LogP contribution in [-0.4, -0.2) is 15.8 Å². The molecule has 0 bridgehead atoms. The number of aliphatic hydroxyl groups is 1. The molecule has 3 heteroatoms. The molecular formula is C12H14BrNO. The topological polar surface area (TPSA) is 25.2 Å². The van der Waals surface area contributed by atoms with Crippen LogP contribution >= 0.6 is 15.9 Å². The molecular weight excluding hydrogens is 254 g/mol. The molecule has 0 saturated heterocycles. The molecule has 0 unspecified atom stereocenters. The Balaban J connectivity index is 2.64. The Hall–Kier alpha value is -0.800. The number of aliphatic hydroxyl groups excluding tert-OH is 1. The van der Waals surface area contributed by atoms with Gasteiger partial charge in [0, 0.05) is 34.5 Å². The van der Waals surface area contributed by atoms with E-state index >= 15 is 0 Å². The van der Waals surface area contributed by atoms with Gasteiger partial charge in [-0.25, -0.2) is 0 Å². The number of para-hydroxylation sites is 1. The molecule has 15 heavy (non-hydrogen) atoms. The summed E-state index contributed by atoms with van der Waals surface area (Å²) in [4.78, 5) is 0. The van der Waals surface area contributed by atoms with E-state index in [-0.39, 0.29) is 6.10 Å². The molecule has 1 heterocycles. The summed E-state index contributed by atoms with van der Waals surface area (Å²) < 4.78 is 3.23. The van der Waals surface area contributed by atoms with E-state index in [1.54, 1.807) is 0 Å². The van der Waals surface area contributed by atoms with Gasteiger partial charge in [-0.05, 0) is 28.9 Å². The van der Waals surface area contributed by atoms with Crippen molar-refractivity contribution in [2.75, 3.05) is 0 Å². The Morgan fingerprint density at radius 2 is 2.07 bits per heavy atom. The van der Waals surface area contributed by atoms with Gasteiger partial charge in [0.05, 0.1) is 6.10 Å². The van der Waals surface area contributed by atoms with E-state index in [9.17, 15) is 5.11 Å². The smallest absolute Gasteiger partial charge is 0.0567 e. The highest BCUT2D eigenvalue weighted by molar-refractivity contribution is 9.10. The van der Waals surface area contributed by atoms with Gasteiger partial charge in [-0.3, -0.25) is 0 Å². The molecule has 1 aromatic heterocycles. The van der Waals surface area contributed by atoms with Crippen molar-refractivity contribution in [3.63, 3.8) is 0 Å². The summed E-state index contributed by atoms with van der Waals surface area (Å²) in [6, 6.07) is 8.23. The summed E-state index contributed by atoms with van der Waals surface area (Å²) in [6.45, 7) is 1.81. The monoisotopic (exact) mass is 267 g/mol. The number of fused-ring (bicyclic) bond motifs is 1. The number of nitrogens with zero attached hydrogens (tertiary/aromatic N) is 1. The maximum absolute atomic E-state index is 9.45. The lowest BCUT2D eigenvalue weighted by Crippen LogP contribution is -2.08. The predicted octanol–water partition coefficient (Wildman–Crippen LogP) is 2.86. The zero-order valence-electron chi connectivity index (χ0n) is 8.87. The Morgan fingerprint density at radius 3 is 2.67 bits per heavy atom. The quantitative estimate of drug-likeness (QED) is 0.890. The van der Waals surface area contributed by atoms with Crippen molar-refractivity contribution in [2.45, 2.75) is 19.4 Å². The van der Waals surface area contributed by atoms with Gasteiger partial charge in [0.2, 0.25) is 0 Å². The van der Waals surface area contributed by atoms with Crippen molar-refractivity contribution in [3.05, 3.63) is 34.4 Å². The van der Waals surface area contributed by atoms with E-state index in [1.807, 2.05) is 26.1 Å². The first-order valence-corrected chi connectivity index (χ1v) is 5.80. The Bertz CT molecular complexity index is 449.